The van der Waals surface area contributed by atoms with Gasteiger partial charge in [-0.3, -0.25) is 19.3 Å². The van der Waals surface area contributed by atoms with Gasteiger partial charge < -0.3 is 15.0 Å². The van der Waals surface area contributed by atoms with E-state index in [1.54, 1.807) is 4.90 Å². The molecule has 3 aliphatic rings. The summed E-state index contributed by atoms with van der Waals surface area (Å²) >= 11 is 0. The third kappa shape index (κ3) is 4.27. The first-order chi connectivity index (χ1) is 16.4. The number of ether oxygens (including phenoxy) is 1. The minimum absolute atomic E-state index is 0.0333. The monoisotopic (exact) mass is 469 g/mol. The van der Waals surface area contributed by atoms with Gasteiger partial charge in [-0.1, -0.05) is 6.07 Å². The normalized spacial score (nSPS) is 21.5. The van der Waals surface area contributed by atoms with Crippen LogP contribution < -0.4 is 5.32 Å². The summed E-state index contributed by atoms with van der Waals surface area (Å²) in [6.07, 6.45) is 2.41. The summed E-state index contributed by atoms with van der Waals surface area (Å²) in [6.45, 7) is 0.617. The molecular formula is C25H25F2N3O4. The van der Waals surface area contributed by atoms with Gasteiger partial charge in [0.05, 0.1) is 6.61 Å². The van der Waals surface area contributed by atoms with Crippen molar-refractivity contribution in [2.45, 2.75) is 43.5 Å². The number of piperidine rings is 1. The molecule has 3 fully saturated rings. The number of rotatable bonds is 4. The van der Waals surface area contributed by atoms with Crippen molar-refractivity contribution in [3.05, 3.63) is 71.3 Å². The second kappa shape index (κ2) is 8.79. The number of benzene rings is 2. The highest BCUT2D eigenvalue weighted by molar-refractivity contribution is 5.98. The average Bonchev–Trinajstić information content (AvgIpc) is 3.58. The molecule has 178 valence electrons. The van der Waals surface area contributed by atoms with E-state index in [1.807, 2.05) is 0 Å². The average molecular weight is 469 g/mol. The number of nitrogens with one attached hydrogen (secondary N) is 1. The summed E-state index contributed by atoms with van der Waals surface area (Å²) in [5, 5.41) is 2.94. The van der Waals surface area contributed by atoms with Crippen molar-refractivity contribution >= 4 is 17.7 Å². The molecule has 1 atom stereocenters. The van der Waals surface area contributed by atoms with E-state index >= 15 is 0 Å². The molecule has 2 saturated heterocycles. The van der Waals surface area contributed by atoms with Gasteiger partial charge in [-0.05, 0) is 55.3 Å². The lowest BCUT2D eigenvalue weighted by Crippen LogP contribution is -2.60. The zero-order chi connectivity index (χ0) is 23.9. The minimum atomic E-state index is -1.07. The van der Waals surface area contributed by atoms with Gasteiger partial charge >= 0.3 is 0 Å². The number of nitrogens with zero attached hydrogens (tertiary/aromatic N) is 2. The molecule has 1 saturated carbocycles. The molecule has 1 N–H and O–H groups in total. The number of carbonyl (C=O) groups is 3. The highest BCUT2D eigenvalue weighted by Gasteiger charge is 2.54. The molecule has 2 aliphatic heterocycles. The topological polar surface area (TPSA) is 79.0 Å². The Labute approximate surface area is 195 Å². The lowest BCUT2D eigenvalue weighted by Gasteiger charge is -2.44. The maximum absolute atomic E-state index is 13.9. The third-order valence-electron chi connectivity index (χ3n) is 6.70. The van der Waals surface area contributed by atoms with Crippen LogP contribution in [-0.4, -0.2) is 65.0 Å². The first-order valence-corrected chi connectivity index (χ1v) is 11.4. The van der Waals surface area contributed by atoms with Crippen LogP contribution >= 0.6 is 0 Å². The molecule has 0 unspecified atom stereocenters. The summed E-state index contributed by atoms with van der Waals surface area (Å²) in [5.41, 5.74) is -0.563. The van der Waals surface area contributed by atoms with E-state index in [-0.39, 0.29) is 30.0 Å². The van der Waals surface area contributed by atoms with Gasteiger partial charge in [-0.2, -0.15) is 0 Å². The van der Waals surface area contributed by atoms with Gasteiger partial charge in [0.2, 0.25) is 5.91 Å². The highest BCUT2D eigenvalue weighted by Crippen LogP contribution is 2.39. The van der Waals surface area contributed by atoms with Crippen LogP contribution in [0.5, 0.6) is 0 Å². The number of hydrogen-bond donors (Lipinski definition) is 1. The van der Waals surface area contributed by atoms with E-state index in [2.05, 4.69) is 5.32 Å². The van der Waals surface area contributed by atoms with Gasteiger partial charge in [0, 0.05) is 43.1 Å². The van der Waals surface area contributed by atoms with Crippen LogP contribution in [0.25, 0.3) is 0 Å². The number of likely N-dealkylation sites (tertiary alicyclic amines) is 1. The van der Waals surface area contributed by atoms with Crippen molar-refractivity contribution in [2.75, 3.05) is 19.7 Å². The van der Waals surface area contributed by atoms with E-state index in [0.29, 0.717) is 31.5 Å². The maximum Gasteiger partial charge on any atom is 0.256 e. The van der Waals surface area contributed by atoms with Crippen LogP contribution in [-0.2, 0) is 9.53 Å². The van der Waals surface area contributed by atoms with Crippen molar-refractivity contribution < 1.29 is 27.9 Å². The molecule has 5 rings (SSSR count). The van der Waals surface area contributed by atoms with E-state index in [9.17, 15) is 23.2 Å². The molecule has 34 heavy (non-hydrogen) atoms. The Hall–Kier alpha value is -3.33. The lowest BCUT2D eigenvalue weighted by molar-refractivity contribution is -0.128. The van der Waals surface area contributed by atoms with Crippen molar-refractivity contribution in [2.24, 2.45) is 0 Å². The number of carbonyl (C=O) groups excluding carboxylic acids is 3. The van der Waals surface area contributed by atoms with Crippen LogP contribution in [0.15, 0.2) is 48.5 Å². The zero-order valence-corrected chi connectivity index (χ0v) is 18.5. The Morgan fingerprint density at radius 3 is 2.26 bits per heavy atom. The van der Waals surface area contributed by atoms with Crippen molar-refractivity contribution in [1.82, 2.24) is 15.1 Å². The van der Waals surface area contributed by atoms with Crippen molar-refractivity contribution in [3.8, 4) is 0 Å². The fourth-order valence-electron chi connectivity index (χ4n) is 4.69. The lowest BCUT2D eigenvalue weighted by atomic mass is 9.96. The molecule has 0 radical (unpaired) electrons. The Morgan fingerprint density at radius 1 is 0.912 bits per heavy atom. The Balaban J connectivity index is 1.37. The number of halogens is 2. The third-order valence-corrected chi connectivity index (χ3v) is 6.70. The summed E-state index contributed by atoms with van der Waals surface area (Å²) < 4.78 is 33.2. The van der Waals surface area contributed by atoms with Crippen LogP contribution in [0.4, 0.5) is 8.78 Å². The molecule has 7 nitrogen and oxygen atoms in total. The molecule has 0 aromatic heterocycles. The minimum Gasteiger partial charge on any atom is -0.353 e. The maximum atomic E-state index is 13.9. The second-order valence-electron chi connectivity index (χ2n) is 9.04. The Bertz CT molecular complexity index is 1110. The van der Waals surface area contributed by atoms with Crippen LogP contribution in [0.3, 0.4) is 0 Å². The van der Waals surface area contributed by atoms with Gasteiger partial charge in [-0.15, -0.1) is 0 Å². The van der Waals surface area contributed by atoms with Gasteiger partial charge in [0.25, 0.3) is 11.8 Å². The van der Waals surface area contributed by atoms with E-state index in [4.69, 9.17) is 4.74 Å². The van der Waals surface area contributed by atoms with Gasteiger partial charge in [-0.25, -0.2) is 8.78 Å². The molecule has 2 aromatic rings. The second-order valence-corrected chi connectivity index (χ2v) is 9.04. The Kier molecular flexibility index (Phi) is 5.81. The van der Waals surface area contributed by atoms with Crippen molar-refractivity contribution in [1.29, 1.82) is 0 Å². The first-order valence-electron chi connectivity index (χ1n) is 11.4. The molecule has 2 aromatic carbocycles. The zero-order valence-electron chi connectivity index (χ0n) is 18.5. The van der Waals surface area contributed by atoms with Gasteiger partial charge in [0.15, 0.2) is 0 Å². The SMILES string of the molecule is O=C(NC1CC1)[C@@H]1COC2(CCN(C(=O)c3ccc(F)cc3)CC2)N1C(=O)c1cccc(F)c1. The predicted octanol–water partition coefficient (Wildman–Crippen LogP) is 2.72. The first kappa shape index (κ1) is 22.5. The smallest absolute Gasteiger partial charge is 0.256 e. The molecular weight excluding hydrogens is 444 g/mol. The van der Waals surface area contributed by atoms with E-state index in [1.165, 1.54) is 47.4 Å². The predicted molar refractivity (Wildman–Crippen MR) is 118 cm³/mol. The number of hydrogen-bond acceptors (Lipinski definition) is 4. The number of amides is 3. The summed E-state index contributed by atoms with van der Waals surface area (Å²) in [5.74, 6) is -1.96. The quantitative estimate of drug-likeness (QED) is 0.747. The largest absolute Gasteiger partial charge is 0.353 e. The molecule has 3 amide bonds. The summed E-state index contributed by atoms with van der Waals surface area (Å²) in [6, 6.07) is 10.00. The summed E-state index contributed by atoms with van der Waals surface area (Å²) in [7, 11) is 0. The highest BCUT2D eigenvalue weighted by atomic mass is 19.1. The van der Waals surface area contributed by atoms with E-state index < -0.39 is 29.3 Å². The Morgan fingerprint density at radius 2 is 1.62 bits per heavy atom. The van der Waals surface area contributed by atoms with Crippen LogP contribution in [0.2, 0.25) is 0 Å². The van der Waals surface area contributed by atoms with Crippen molar-refractivity contribution in [3.63, 3.8) is 0 Å². The molecule has 0 bridgehead atoms. The fraction of sp³-hybridized carbons (Fsp3) is 0.400. The molecule has 1 spiro atoms. The molecule has 9 heteroatoms. The van der Waals surface area contributed by atoms with Gasteiger partial charge in [0.1, 0.15) is 23.4 Å². The fourth-order valence-corrected chi connectivity index (χ4v) is 4.69. The van der Waals surface area contributed by atoms with Crippen LogP contribution in [0, 0.1) is 11.6 Å². The van der Waals surface area contributed by atoms with Crippen LogP contribution in [0.1, 0.15) is 46.4 Å². The summed E-state index contributed by atoms with van der Waals surface area (Å²) in [4.78, 5) is 42.4. The molecule has 2 heterocycles. The standard InChI is InChI=1S/C25H25F2N3O4/c26-18-6-4-16(5-7-18)23(32)29-12-10-25(11-13-29)30(24(33)17-2-1-3-19(27)14-17)21(15-34-25)22(31)28-20-8-9-20/h1-7,14,20-21H,8-13,15H2,(H,28,31)/t21-/m0/s1. The molecule has 1 aliphatic carbocycles. The van der Waals surface area contributed by atoms with E-state index in [0.717, 1.165) is 18.9 Å².